The van der Waals surface area contributed by atoms with E-state index in [-0.39, 0.29) is 10.7 Å². The van der Waals surface area contributed by atoms with Crippen molar-refractivity contribution in [1.29, 1.82) is 0 Å². The molecular formula is C17H12ClFN4O3. The lowest BCUT2D eigenvalue weighted by Gasteiger charge is -2.10. The number of hydrogen-bond donors (Lipinski definition) is 1. The summed E-state index contributed by atoms with van der Waals surface area (Å²) in [7, 11) is 1.24. The Hall–Kier alpha value is -3.26. The molecule has 0 saturated heterocycles. The number of halogens is 2. The minimum absolute atomic E-state index is 0.0356. The van der Waals surface area contributed by atoms with Crippen molar-refractivity contribution in [2.75, 3.05) is 5.32 Å². The second-order valence-corrected chi connectivity index (χ2v) is 5.73. The van der Waals surface area contributed by atoms with Crippen molar-refractivity contribution >= 4 is 23.2 Å². The van der Waals surface area contributed by atoms with Gasteiger partial charge in [-0.25, -0.2) is 9.18 Å². The second kappa shape index (κ2) is 6.93. The standard InChI is InChI=1S/C17H12ClFN4O3/c1-22-16(25)14(15(24)20-13-8-7-10(19)9-12(13)18)21-23(17(22)26)11-5-3-2-4-6-11/h2-9H,1H3,(H,20,24). The topological polar surface area (TPSA) is 86.0 Å². The fourth-order valence-corrected chi connectivity index (χ4v) is 2.44. The van der Waals surface area contributed by atoms with E-state index in [0.717, 1.165) is 21.4 Å². The predicted molar refractivity (Wildman–Crippen MR) is 94.4 cm³/mol. The Morgan fingerprint density at radius 3 is 2.50 bits per heavy atom. The first-order valence-corrected chi connectivity index (χ1v) is 7.78. The number of rotatable bonds is 3. The van der Waals surface area contributed by atoms with Crippen LogP contribution in [0.1, 0.15) is 10.5 Å². The number of nitrogens with one attached hydrogen (secondary N) is 1. The van der Waals surface area contributed by atoms with Crippen LogP contribution in [-0.4, -0.2) is 20.3 Å². The first-order valence-electron chi connectivity index (χ1n) is 7.40. The number of para-hydroxylation sites is 1. The summed E-state index contributed by atoms with van der Waals surface area (Å²) in [6, 6.07) is 11.7. The minimum atomic E-state index is -0.871. The fourth-order valence-electron chi connectivity index (χ4n) is 2.23. The molecule has 1 heterocycles. The van der Waals surface area contributed by atoms with Crippen molar-refractivity contribution in [3.63, 3.8) is 0 Å². The lowest BCUT2D eigenvalue weighted by atomic mass is 10.3. The zero-order valence-corrected chi connectivity index (χ0v) is 14.2. The summed E-state index contributed by atoms with van der Waals surface area (Å²) in [6.45, 7) is 0. The number of aromatic nitrogens is 3. The molecule has 1 amide bonds. The molecule has 0 fully saturated rings. The third kappa shape index (κ3) is 3.27. The number of benzene rings is 2. The average molecular weight is 375 g/mol. The Morgan fingerprint density at radius 2 is 1.85 bits per heavy atom. The molecule has 0 radical (unpaired) electrons. The van der Waals surface area contributed by atoms with Crippen LogP contribution >= 0.6 is 11.6 Å². The average Bonchev–Trinajstić information content (AvgIpc) is 2.63. The van der Waals surface area contributed by atoms with E-state index in [9.17, 15) is 18.8 Å². The van der Waals surface area contributed by atoms with E-state index in [0.29, 0.717) is 5.69 Å². The van der Waals surface area contributed by atoms with Crippen LogP contribution in [0.5, 0.6) is 0 Å². The van der Waals surface area contributed by atoms with Gasteiger partial charge in [0.15, 0.2) is 0 Å². The van der Waals surface area contributed by atoms with E-state index in [2.05, 4.69) is 10.4 Å². The fraction of sp³-hybridized carbons (Fsp3) is 0.0588. The third-order valence-electron chi connectivity index (χ3n) is 3.57. The molecule has 0 spiro atoms. The van der Waals surface area contributed by atoms with Crippen LogP contribution in [0.3, 0.4) is 0 Å². The first kappa shape index (κ1) is 17.6. The van der Waals surface area contributed by atoms with E-state index in [1.165, 1.54) is 13.1 Å². The molecule has 0 aliphatic carbocycles. The maximum atomic E-state index is 13.1. The van der Waals surface area contributed by atoms with Gasteiger partial charge in [0.2, 0.25) is 5.69 Å². The highest BCUT2D eigenvalue weighted by atomic mass is 35.5. The molecule has 132 valence electrons. The second-order valence-electron chi connectivity index (χ2n) is 5.32. The highest BCUT2D eigenvalue weighted by Crippen LogP contribution is 2.22. The Balaban J connectivity index is 2.07. The van der Waals surface area contributed by atoms with Crippen LogP contribution in [0.4, 0.5) is 10.1 Å². The van der Waals surface area contributed by atoms with Crippen LogP contribution < -0.4 is 16.6 Å². The predicted octanol–water partition coefficient (Wildman–Crippen LogP) is 1.98. The van der Waals surface area contributed by atoms with Crippen molar-refractivity contribution in [3.8, 4) is 5.69 Å². The molecule has 0 unspecified atom stereocenters. The van der Waals surface area contributed by atoms with Crippen molar-refractivity contribution in [3.05, 3.63) is 85.9 Å². The van der Waals surface area contributed by atoms with Crippen LogP contribution in [0.2, 0.25) is 5.02 Å². The van der Waals surface area contributed by atoms with Crippen molar-refractivity contribution in [2.24, 2.45) is 7.05 Å². The zero-order valence-electron chi connectivity index (χ0n) is 13.4. The Labute approximate surface area is 151 Å². The summed E-state index contributed by atoms with van der Waals surface area (Å²) in [4.78, 5) is 37.0. The highest BCUT2D eigenvalue weighted by Gasteiger charge is 2.19. The zero-order chi connectivity index (χ0) is 18.8. The van der Waals surface area contributed by atoms with E-state index >= 15 is 0 Å². The molecule has 0 saturated carbocycles. The van der Waals surface area contributed by atoms with Gasteiger partial charge in [0, 0.05) is 7.05 Å². The number of anilines is 1. The van der Waals surface area contributed by atoms with E-state index < -0.39 is 28.7 Å². The lowest BCUT2D eigenvalue weighted by Crippen LogP contribution is -2.43. The Bertz CT molecular complexity index is 1110. The summed E-state index contributed by atoms with van der Waals surface area (Å²) in [6.07, 6.45) is 0. The number of carbonyl (C=O) groups excluding carboxylic acids is 1. The van der Waals surface area contributed by atoms with Crippen molar-refractivity contribution < 1.29 is 9.18 Å². The van der Waals surface area contributed by atoms with Gasteiger partial charge in [0.25, 0.3) is 11.5 Å². The molecule has 1 aromatic heterocycles. The van der Waals surface area contributed by atoms with Crippen molar-refractivity contribution in [1.82, 2.24) is 14.3 Å². The summed E-state index contributed by atoms with van der Waals surface area (Å²) in [5, 5.41) is 6.24. The van der Waals surface area contributed by atoms with Gasteiger partial charge in [-0.15, -0.1) is 0 Å². The van der Waals surface area contributed by atoms with E-state index in [1.54, 1.807) is 30.3 Å². The molecule has 3 aromatic rings. The number of carbonyl (C=O) groups is 1. The molecule has 1 N–H and O–H groups in total. The van der Waals surface area contributed by atoms with Gasteiger partial charge in [-0.2, -0.15) is 9.78 Å². The van der Waals surface area contributed by atoms with E-state index in [4.69, 9.17) is 11.6 Å². The maximum absolute atomic E-state index is 13.1. The van der Waals surface area contributed by atoms with Gasteiger partial charge in [-0.1, -0.05) is 29.8 Å². The van der Waals surface area contributed by atoms with E-state index in [1.807, 2.05) is 0 Å². The smallest absolute Gasteiger partial charge is 0.319 e. The maximum Gasteiger partial charge on any atom is 0.351 e. The highest BCUT2D eigenvalue weighted by molar-refractivity contribution is 6.33. The minimum Gasteiger partial charge on any atom is -0.319 e. The largest absolute Gasteiger partial charge is 0.351 e. The lowest BCUT2D eigenvalue weighted by molar-refractivity contribution is 0.101. The molecule has 3 rings (SSSR count). The molecular weight excluding hydrogens is 363 g/mol. The molecule has 26 heavy (non-hydrogen) atoms. The van der Waals surface area contributed by atoms with Crippen LogP contribution in [0.15, 0.2) is 58.1 Å². The van der Waals surface area contributed by atoms with Crippen LogP contribution in [-0.2, 0) is 7.05 Å². The van der Waals surface area contributed by atoms with Gasteiger partial charge in [-0.05, 0) is 30.3 Å². The summed E-state index contributed by atoms with van der Waals surface area (Å²) < 4.78 is 14.8. The Morgan fingerprint density at radius 1 is 1.15 bits per heavy atom. The van der Waals surface area contributed by atoms with Crippen LogP contribution in [0, 0.1) is 5.82 Å². The molecule has 0 bridgehead atoms. The number of nitrogens with zero attached hydrogens (tertiary/aromatic N) is 3. The molecule has 0 aliphatic rings. The van der Waals surface area contributed by atoms with Gasteiger partial charge in [0.1, 0.15) is 5.82 Å². The molecule has 0 aliphatic heterocycles. The summed E-state index contributed by atoms with van der Waals surface area (Å²) >= 11 is 5.87. The SMILES string of the molecule is Cn1c(=O)c(C(=O)Nc2ccc(F)cc2Cl)nn(-c2ccccc2)c1=O. The molecule has 2 aromatic carbocycles. The Kier molecular flexibility index (Phi) is 4.68. The molecule has 0 atom stereocenters. The summed E-state index contributed by atoms with van der Waals surface area (Å²) in [5.74, 6) is -1.44. The van der Waals surface area contributed by atoms with Gasteiger partial charge < -0.3 is 5.32 Å². The molecule has 7 nitrogen and oxygen atoms in total. The molecule has 9 heteroatoms. The monoisotopic (exact) mass is 374 g/mol. The number of hydrogen-bond acceptors (Lipinski definition) is 4. The van der Waals surface area contributed by atoms with Crippen LogP contribution in [0.25, 0.3) is 5.69 Å². The third-order valence-corrected chi connectivity index (χ3v) is 3.88. The van der Waals surface area contributed by atoms with Gasteiger partial charge in [0.05, 0.1) is 16.4 Å². The summed E-state index contributed by atoms with van der Waals surface area (Å²) in [5.41, 5.74) is -1.56. The quantitative estimate of drug-likeness (QED) is 0.759. The normalized spacial score (nSPS) is 10.6. The van der Waals surface area contributed by atoms with Gasteiger partial charge in [-0.3, -0.25) is 14.2 Å². The number of amides is 1. The van der Waals surface area contributed by atoms with Crippen molar-refractivity contribution in [2.45, 2.75) is 0 Å². The first-order chi connectivity index (χ1) is 12.4. The van der Waals surface area contributed by atoms with Gasteiger partial charge >= 0.3 is 5.69 Å².